The van der Waals surface area contributed by atoms with Crippen molar-refractivity contribution in [2.75, 3.05) is 12.4 Å². The summed E-state index contributed by atoms with van der Waals surface area (Å²) in [6, 6.07) is 18.2. The van der Waals surface area contributed by atoms with Gasteiger partial charge in [0.1, 0.15) is 28.2 Å². The van der Waals surface area contributed by atoms with E-state index in [9.17, 15) is 25.0 Å². The van der Waals surface area contributed by atoms with Crippen molar-refractivity contribution in [2.24, 2.45) is 0 Å². The third kappa shape index (κ3) is 5.76. The third-order valence-corrected chi connectivity index (χ3v) is 4.83. The maximum atomic E-state index is 12.6. The summed E-state index contributed by atoms with van der Waals surface area (Å²) in [4.78, 5) is 35.5. The quantitative estimate of drug-likeness (QED) is 0.126. The van der Waals surface area contributed by atoms with E-state index in [-0.39, 0.29) is 27.6 Å². The molecule has 3 aromatic carbocycles. The van der Waals surface area contributed by atoms with Crippen molar-refractivity contribution < 1.29 is 24.0 Å². The molecule has 0 saturated heterocycles. The second-order valence-corrected chi connectivity index (χ2v) is 7.11. The molecule has 0 aliphatic rings. The molecule has 0 aromatic heterocycles. The summed E-state index contributed by atoms with van der Waals surface area (Å²) in [5.74, 6) is -0.739. The van der Waals surface area contributed by atoms with Crippen LogP contribution >= 0.6 is 11.6 Å². The van der Waals surface area contributed by atoms with E-state index >= 15 is 0 Å². The Kier molecular flexibility index (Phi) is 7.59. The number of halogens is 1. The first-order valence-corrected chi connectivity index (χ1v) is 10.0. The molecule has 1 N–H and O–H groups in total. The largest absolute Gasteiger partial charge is 0.497 e. The number of carbonyl (C=O) groups is 2. The zero-order valence-corrected chi connectivity index (χ0v) is 18.4. The molecule has 1 amide bonds. The molecule has 0 unspecified atom stereocenters. The van der Waals surface area contributed by atoms with Crippen LogP contribution < -0.4 is 14.8 Å². The Morgan fingerprint density at radius 2 is 1.82 bits per heavy atom. The molecule has 0 aliphatic carbocycles. The molecule has 0 aliphatic heterocycles. The summed E-state index contributed by atoms with van der Waals surface area (Å²) in [7, 11) is 1.51. The standard InChI is InChI=1S/C24H16ClN3O6/c1-33-19-9-6-15(7-10-19)24(30)34-22-5-3-2-4-16(22)12-17(14-26)23(29)27-18-8-11-20(25)21(13-18)28(31)32/h2-13H,1H3,(H,27,29)/b17-12+. The second-order valence-electron chi connectivity index (χ2n) is 6.70. The van der Waals surface area contributed by atoms with Crippen molar-refractivity contribution in [3.63, 3.8) is 0 Å². The lowest BCUT2D eigenvalue weighted by Gasteiger charge is -2.09. The van der Waals surface area contributed by atoms with Crippen molar-refractivity contribution in [1.82, 2.24) is 0 Å². The molecular weight excluding hydrogens is 462 g/mol. The van der Waals surface area contributed by atoms with Crippen LogP contribution in [0.4, 0.5) is 11.4 Å². The van der Waals surface area contributed by atoms with Crippen LogP contribution in [0.15, 0.2) is 72.3 Å². The van der Waals surface area contributed by atoms with Crippen LogP contribution in [0.5, 0.6) is 11.5 Å². The molecule has 0 heterocycles. The number of nitrogens with one attached hydrogen (secondary N) is 1. The second kappa shape index (κ2) is 10.8. The van der Waals surface area contributed by atoms with E-state index < -0.39 is 22.5 Å². The van der Waals surface area contributed by atoms with Gasteiger partial charge in [-0.15, -0.1) is 0 Å². The molecule has 3 aromatic rings. The molecule has 3 rings (SSSR count). The molecule has 9 nitrogen and oxygen atoms in total. The van der Waals surface area contributed by atoms with Crippen LogP contribution in [0.2, 0.25) is 5.02 Å². The number of hydrogen-bond donors (Lipinski definition) is 1. The lowest BCUT2D eigenvalue weighted by Crippen LogP contribution is -2.14. The third-order valence-electron chi connectivity index (χ3n) is 4.51. The van der Waals surface area contributed by atoms with Gasteiger partial charge >= 0.3 is 5.97 Å². The monoisotopic (exact) mass is 477 g/mol. The molecule has 170 valence electrons. The number of nitriles is 1. The molecule has 0 saturated carbocycles. The zero-order chi connectivity index (χ0) is 24.7. The number of para-hydroxylation sites is 1. The van der Waals surface area contributed by atoms with Gasteiger partial charge in [0.2, 0.25) is 0 Å². The number of nitro groups is 1. The number of methoxy groups -OCH3 is 1. The Morgan fingerprint density at radius 3 is 2.47 bits per heavy atom. The number of carbonyl (C=O) groups excluding carboxylic acids is 2. The van der Waals surface area contributed by atoms with Gasteiger partial charge in [0.25, 0.3) is 11.6 Å². The van der Waals surface area contributed by atoms with Crippen molar-refractivity contribution >= 4 is 40.9 Å². The van der Waals surface area contributed by atoms with E-state index in [0.29, 0.717) is 11.3 Å². The number of nitrogens with zero attached hydrogens (tertiary/aromatic N) is 2. The van der Waals surface area contributed by atoms with E-state index in [1.165, 1.54) is 31.4 Å². The van der Waals surface area contributed by atoms with Gasteiger partial charge in [0.15, 0.2) is 0 Å². The first-order chi connectivity index (χ1) is 16.3. The number of esters is 1. The fourth-order valence-electron chi connectivity index (χ4n) is 2.81. The summed E-state index contributed by atoms with van der Waals surface area (Å²) in [6.07, 6.45) is 1.25. The van der Waals surface area contributed by atoms with E-state index in [1.54, 1.807) is 48.5 Å². The highest BCUT2D eigenvalue weighted by atomic mass is 35.5. The number of amides is 1. The SMILES string of the molecule is COc1ccc(C(=O)Oc2ccccc2/C=C(\C#N)C(=O)Nc2ccc(Cl)c([N+](=O)[O-])c2)cc1. The smallest absolute Gasteiger partial charge is 0.343 e. The van der Waals surface area contributed by atoms with Crippen molar-refractivity contribution in [1.29, 1.82) is 5.26 Å². The molecule has 0 fully saturated rings. The number of anilines is 1. The maximum absolute atomic E-state index is 12.6. The summed E-state index contributed by atoms with van der Waals surface area (Å²) < 4.78 is 10.5. The molecule has 10 heteroatoms. The van der Waals surface area contributed by atoms with Gasteiger partial charge in [0, 0.05) is 17.3 Å². The summed E-state index contributed by atoms with van der Waals surface area (Å²) in [5.41, 5.74) is -0.0370. The Labute approximate surface area is 198 Å². The van der Waals surface area contributed by atoms with E-state index in [2.05, 4.69) is 5.32 Å². The van der Waals surface area contributed by atoms with Crippen LogP contribution in [0.3, 0.4) is 0 Å². The Morgan fingerprint density at radius 1 is 1.12 bits per heavy atom. The summed E-state index contributed by atoms with van der Waals surface area (Å²) in [6.45, 7) is 0. The molecule has 0 spiro atoms. The van der Waals surface area contributed by atoms with E-state index in [1.807, 2.05) is 0 Å². The average Bonchev–Trinajstić information content (AvgIpc) is 2.84. The van der Waals surface area contributed by atoms with Crippen LogP contribution in [-0.4, -0.2) is 23.9 Å². The lowest BCUT2D eigenvalue weighted by atomic mass is 10.1. The number of ether oxygens (including phenoxy) is 2. The van der Waals surface area contributed by atoms with Gasteiger partial charge in [-0.2, -0.15) is 5.26 Å². The Balaban J connectivity index is 1.83. The molecule has 34 heavy (non-hydrogen) atoms. The lowest BCUT2D eigenvalue weighted by molar-refractivity contribution is -0.384. The van der Waals surface area contributed by atoms with Gasteiger partial charge in [0.05, 0.1) is 17.6 Å². The highest BCUT2D eigenvalue weighted by Crippen LogP contribution is 2.28. The van der Waals surface area contributed by atoms with Crippen molar-refractivity contribution in [2.45, 2.75) is 0 Å². The minimum Gasteiger partial charge on any atom is -0.497 e. The maximum Gasteiger partial charge on any atom is 0.343 e. The fourth-order valence-corrected chi connectivity index (χ4v) is 3.00. The normalized spacial score (nSPS) is 10.7. The predicted molar refractivity (Wildman–Crippen MR) is 125 cm³/mol. The van der Waals surface area contributed by atoms with Crippen LogP contribution in [0, 0.1) is 21.4 Å². The number of nitro benzene ring substituents is 1. The predicted octanol–water partition coefficient (Wildman–Crippen LogP) is 5.02. The van der Waals surface area contributed by atoms with Crippen molar-refractivity contribution in [3.05, 3.63) is 98.6 Å². The molecule has 0 bridgehead atoms. The van der Waals surface area contributed by atoms with Crippen molar-refractivity contribution in [3.8, 4) is 17.6 Å². The zero-order valence-electron chi connectivity index (χ0n) is 17.7. The molecule has 0 atom stereocenters. The minimum atomic E-state index is -0.810. The molecule has 0 radical (unpaired) electrons. The van der Waals surface area contributed by atoms with Gasteiger partial charge < -0.3 is 14.8 Å². The number of hydrogen-bond acceptors (Lipinski definition) is 7. The Hall–Kier alpha value is -4.68. The summed E-state index contributed by atoms with van der Waals surface area (Å²) in [5, 5.41) is 22.9. The van der Waals surface area contributed by atoms with Crippen LogP contribution in [0.1, 0.15) is 15.9 Å². The van der Waals surface area contributed by atoms with Gasteiger partial charge in [-0.25, -0.2) is 4.79 Å². The Bertz CT molecular complexity index is 1330. The highest BCUT2D eigenvalue weighted by Gasteiger charge is 2.17. The first kappa shape index (κ1) is 24.0. The molecular formula is C24H16ClN3O6. The van der Waals surface area contributed by atoms with Gasteiger partial charge in [-0.05, 0) is 48.5 Å². The topological polar surface area (TPSA) is 132 Å². The number of benzene rings is 3. The van der Waals surface area contributed by atoms with Gasteiger partial charge in [-0.3, -0.25) is 14.9 Å². The van der Waals surface area contributed by atoms with Crippen LogP contribution in [0.25, 0.3) is 6.08 Å². The summed E-state index contributed by atoms with van der Waals surface area (Å²) >= 11 is 5.78. The highest BCUT2D eigenvalue weighted by molar-refractivity contribution is 6.32. The first-order valence-electron chi connectivity index (χ1n) is 9.64. The van der Waals surface area contributed by atoms with E-state index in [4.69, 9.17) is 21.1 Å². The number of rotatable bonds is 7. The minimum absolute atomic E-state index is 0.0847. The van der Waals surface area contributed by atoms with Gasteiger partial charge in [-0.1, -0.05) is 29.8 Å². The van der Waals surface area contributed by atoms with Crippen LogP contribution in [-0.2, 0) is 4.79 Å². The van der Waals surface area contributed by atoms with E-state index in [0.717, 1.165) is 6.07 Å². The average molecular weight is 478 g/mol. The fraction of sp³-hybridized carbons (Fsp3) is 0.0417.